The first-order valence-corrected chi connectivity index (χ1v) is 6.82. The fraction of sp³-hybridized carbons (Fsp3) is 0.714. The van der Waals surface area contributed by atoms with Gasteiger partial charge in [-0.05, 0) is 17.2 Å². The molecule has 0 atom stereocenters. The molecule has 0 radical (unpaired) electrons. The van der Waals surface area contributed by atoms with Gasteiger partial charge in [-0.2, -0.15) is 0 Å². The van der Waals surface area contributed by atoms with Crippen molar-refractivity contribution in [3.63, 3.8) is 0 Å². The van der Waals surface area contributed by atoms with Gasteiger partial charge < -0.3 is 4.84 Å². The second-order valence-electron chi connectivity index (χ2n) is 2.40. The maximum absolute atomic E-state index is 10.4. The van der Waals surface area contributed by atoms with Crippen molar-refractivity contribution in [1.29, 1.82) is 0 Å². The lowest BCUT2D eigenvalue weighted by Crippen LogP contribution is -2.11. The lowest BCUT2D eigenvalue weighted by atomic mass is 10.8. The van der Waals surface area contributed by atoms with Crippen LogP contribution in [-0.4, -0.2) is 35.5 Å². The molecule has 0 aromatic carbocycles. The van der Waals surface area contributed by atoms with E-state index in [0.29, 0.717) is 10.9 Å². The summed E-state index contributed by atoms with van der Waals surface area (Å²) in [6, 6.07) is 0. The van der Waals surface area contributed by atoms with Gasteiger partial charge in [0.25, 0.3) is 0 Å². The minimum absolute atomic E-state index is 0.297. The quantitative estimate of drug-likeness (QED) is 0.229. The van der Waals surface area contributed by atoms with Gasteiger partial charge >= 0.3 is 5.97 Å². The van der Waals surface area contributed by atoms with Gasteiger partial charge in [-0.15, -0.1) is 11.8 Å². The van der Waals surface area contributed by atoms with Gasteiger partial charge in [-0.25, -0.2) is 4.79 Å². The van der Waals surface area contributed by atoms with Crippen LogP contribution in [0.25, 0.3) is 0 Å². The van der Waals surface area contributed by atoms with Crippen molar-refractivity contribution in [3.8, 4) is 0 Å². The van der Waals surface area contributed by atoms with Gasteiger partial charge in [0.2, 0.25) is 0 Å². The van der Waals surface area contributed by atoms with E-state index in [2.05, 4.69) is 22.5 Å². The summed E-state index contributed by atoms with van der Waals surface area (Å²) in [7, 11) is 0.297. The zero-order valence-electron chi connectivity index (χ0n) is 7.79. The van der Waals surface area contributed by atoms with Crippen LogP contribution in [0.15, 0.2) is 5.16 Å². The third kappa shape index (κ3) is 6.54. The van der Waals surface area contributed by atoms with Gasteiger partial charge in [0.05, 0.1) is 12.5 Å². The zero-order chi connectivity index (χ0) is 9.56. The molecule has 0 spiro atoms. The number of oxime groups is 1. The smallest absolute Gasteiger partial charge is 0.318 e. The molecule has 0 aromatic rings. The number of hydrogen-bond donors (Lipinski definition) is 0. The molecule has 0 aliphatic rings. The molecule has 0 fully saturated rings. The molecule has 0 amide bonds. The number of carbonyl (C=O) groups is 1. The largest absolute Gasteiger partial charge is 0.332 e. The summed E-state index contributed by atoms with van der Waals surface area (Å²) in [5.41, 5.74) is 0. The second-order valence-corrected chi connectivity index (χ2v) is 5.54. The van der Waals surface area contributed by atoms with E-state index in [-0.39, 0.29) is 5.97 Å². The Balaban J connectivity index is 3.95. The molecule has 0 unspecified atom stereocenters. The van der Waals surface area contributed by atoms with E-state index in [4.69, 9.17) is 0 Å². The van der Waals surface area contributed by atoms with E-state index in [0.717, 1.165) is 10.8 Å². The normalized spacial score (nSPS) is 11.9. The van der Waals surface area contributed by atoms with Crippen LogP contribution in [0.4, 0.5) is 0 Å². The van der Waals surface area contributed by atoms with Gasteiger partial charge in [-0.3, -0.25) is 0 Å². The highest BCUT2D eigenvalue weighted by Crippen LogP contribution is 2.02. The first-order valence-electron chi connectivity index (χ1n) is 3.39. The van der Waals surface area contributed by atoms with Crippen molar-refractivity contribution in [2.24, 2.45) is 5.16 Å². The molecule has 0 heterocycles. The molecule has 0 aliphatic heterocycles. The van der Waals surface area contributed by atoms with E-state index < -0.39 is 0 Å². The molecule has 70 valence electrons. The zero-order valence-corrected chi connectivity index (χ0v) is 9.42. The summed E-state index contributed by atoms with van der Waals surface area (Å²) in [5, 5.41) is 4.59. The third-order valence-electron chi connectivity index (χ3n) is 0.924. The van der Waals surface area contributed by atoms with Crippen molar-refractivity contribution in [2.75, 3.05) is 24.5 Å². The summed E-state index contributed by atoms with van der Waals surface area (Å²) < 4.78 is 0. The Morgan fingerprint density at radius 3 is 2.50 bits per heavy atom. The predicted octanol–water partition coefficient (Wildman–Crippen LogP) is 1.10. The number of rotatable bonds is 3. The number of hydrogen-bond acceptors (Lipinski definition) is 4. The summed E-state index contributed by atoms with van der Waals surface area (Å²) in [5.74, 6) is 0.516. The number of thioether (sulfide) groups is 1. The Hall–Kier alpha value is -0.160. The van der Waals surface area contributed by atoms with Crippen molar-refractivity contribution < 1.29 is 9.63 Å². The fourth-order valence-corrected chi connectivity index (χ4v) is 2.32. The lowest BCUT2D eigenvalue weighted by molar-refractivity contribution is -0.140. The molecule has 0 saturated carbocycles. The molecule has 0 rings (SSSR count). The van der Waals surface area contributed by atoms with Crippen LogP contribution >= 0.6 is 11.8 Å². The molecule has 0 N–H and O–H groups in total. The SMILES string of the molecule is CSC(C[S+](C)C)=NOC(C)=O. The topological polar surface area (TPSA) is 38.7 Å². The molecule has 0 aliphatic carbocycles. The van der Waals surface area contributed by atoms with Crippen LogP contribution in [0, 0.1) is 0 Å². The van der Waals surface area contributed by atoms with Gasteiger partial charge in [0.1, 0.15) is 0 Å². The van der Waals surface area contributed by atoms with Crippen LogP contribution in [0.1, 0.15) is 6.92 Å². The molecule has 0 saturated heterocycles. The molecule has 5 heteroatoms. The van der Waals surface area contributed by atoms with E-state index in [9.17, 15) is 4.79 Å². The molecule has 3 nitrogen and oxygen atoms in total. The molecule has 0 aromatic heterocycles. The molecular weight excluding hydrogens is 194 g/mol. The van der Waals surface area contributed by atoms with Crippen LogP contribution in [0.3, 0.4) is 0 Å². The maximum atomic E-state index is 10.4. The maximum Gasteiger partial charge on any atom is 0.332 e. The third-order valence-corrected chi connectivity index (χ3v) is 2.65. The average Bonchev–Trinajstić information content (AvgIpc) is 1.97. The van der Waals surface area contributed by atoms with Crippen molar-refractivity contribution >= 4 is 33.7 Å². The van der Waals surface area contributed by atoms with E-state index in [1.165, 1.54) is 18.7 Å². The van der Waals surface area contributed by atoms with Crippen LogP contribution in [-0.2, 0) is 20.5 Å². The number of nitrogens with zero attached hydrogens (tertiary/aromatic N) is 1. The predicted molar refractivity (Wildman–Crippen MR) is 56.8 cm³/mol. The Kier molecular flexibility index (Phi) is 6.28. The first-order chi connectivity index (χ1) is 5.56. The average molecular weight is 208 g/mol. The van der Waals surface area contributed by atoms with Gasteiger partial charge in [0, 0.05) is 6.92 Å². The summed E-state index contributed by atoms with van der Waals surface area (Å²) in [6.07, 6.45) is 6.17. The van der Waals surface area contributed by atoms with Crippen LogP contribution < -0.4 is 0 Å². The monoisotopic (exact) mass is 208 g/mol. The molecule has 0 bridgehead atoms. The highest BCUT2D eigenvalue weighted by Gasteiger charge is 2.09. The van der Waals surface area contributed by atoms with Crippen molar-refractivity contribution in [1.82, 2.24) is 0 Å². The van der Waals surface area contributed by atoms with Crippen molar-refractivity contribution in [2.45, 2.75) is 6.92 Å². The van der Waals surface area contributed by atoms with E-state index in [1.807, 2.05) is 6.26 Å². The number of carbonyl (C=O) groups excluding carboxylic acids is 1. The Morgan fingerprint density at radius 2 is 2.17 bits per heavy atom. The van der Waals surface area contributed by atoms with Crippen LogP contribution in [0.2, 0.25) is 0 Å². The van der Waals surface area contributed by atoms with Crippen molar-refractivity contribution in [3.05, 3.63) is 0 Å². The summed E-state index contributed by atoms with van der Waals surface area (Å²) >= 11 is 1.52. The molecular formula is C7H14NO2S2+. The lowest BCUT2D eigenvalue weighted by Gasteiger charge is -1.98. The standard InChI is InChI=1S/C7H14NO2S2/c1-6(9)10-8-7(11-2)5-12(3)4/h5H2,1-4H3/q+1. The summed E-state index contributed by atoms with van der Waals surface area (Å²) in [6.45, 7) is 1.35. The summed E-state index contributed by atoms with van der Waals surface area (Å²) in [4.78, 5) is 14.9. The first kappa shape index (κ1) is 11.8. The van der Waals surface area contributed by atoms with E-state index in [1.54, 1.807) is 0 Å². The highest BCUT2D eigenvalue weighted by atomic mass is 32.2. The Labute approximate surface area is 80.3 Å². The van der Waals surface area contributed by atoms with Crippen LogP contribution in [0.5, 0.6) is 0 Å². The van der Waals surface area contributed by atoms with E-state index >= 15 is 0 Å². The Morgan fingerprint density at radius 1 is 1.58 bits per heavy atom. The van der Waals surface area contributed by atoms with Gasteiger partial charge in [0.15, 0.2) is 10.8 Å². The highest BCUT2D eigenvalue weighted by molar-refractivity contribution is 8.15. The fourth-order valence-electron chi connectivity index (χ4n) is 0.485. The Bertz CT molecular complexity index is 180. The minimum Gasteiger partial charge on any atom is -0.318 e. The van der Waals surface area contributed by atoms with Gasteiger partial charge in [-0.1, -0.05) is 5.16 Å². The second kappa shape index (κ2) is 6.37. The molecule has 12 heavy (non-hydrogen) atoms. The minimum atomic E-state index is -0.367.